The molecule has 0 amide bonds. The Balaban J connectivity index is 1.33. The number of carbonyl (C=O) groups is 1. The van der Waals surface area contributed by atoms with Gasteiger partial charge in [-0.3, -0.25) is 4.79 Å². The van der Waals surface area contributed by atoms with E-state index in [1.807, 2.05) is 6.07 Å². The number of nitrogens with one attached hydrogen (secondary N) is 1. The van der Waals surface area contributed by atoms with Crippen molar-refractivity contribution in [3.8, 4) is 0 Å². The number of hydrogen-bond acceptors (Lipinski definition) is 7. The Hall–Kier alpha value is -2.58. The second-order valence-electron chi connectivity index (χ2n) is 10.4. The number of hydrogen-bond donors (Lipinski definition) is 1. The number of allylic oxidation sites excluding steroid dienone is 1. The van der Waals surface area contributed by atoms with Gasteiger partial charge in [0.1, 0.15) is 6.10 Å². The molecule has 37 heavy (non-hydrogen) atoms. The number of nitrogens with zero attached hydrogens (tertiary/aromatic N) is 3. The van der Waals surface area contributed by atoms with Gasteiger partial charge in [-0.15, -0.1) is 10.2 Å². The molecule has 2 aliphatic rings. The molecule has 1 aromatic carbocycles. The largest absolute Gasteiger partial charge is 0.462 e. The van der Waals surface area contributed by atoms with Crippen LogP contribution >= 0.6 is 0 Å². The molecule has 1 aliphatic carbocycles. The third-order valence-corrected chi connectivity index (χ3v) is 7.52. The van der Waals surface area contributed by atoms with Crippen LogP contribution in [-0.4, -0.2) is 51.7 Å². The van der Waals surface area contributed by atoms with Crippen LogP contribution in [0.25, 0.3) is 0 Å². The molecule has 2 aromatic rings. The number of tetrazole rings is 1. The van der Waals surface area contributed by atoms with E-state index in [9.17, 15) is 4.79 Å². The maximum Gasteiger partial charge on any atom is 0.302 e. The summed E-state index contributed by atoms with van der Waals surface area (Å²) in [5.41, 5.74) is 1.26. The third-order valence-electron chi connectivity index (χ3n) is 7.52. The van der Waals surface area contributed by atoms with E-state index >= 15 is 0 Å². The van der Waals surface area contributed by atoms with Gasteiger partial charge in [-0.05, 0) is 56.4 Å². The highest BCUT2D eigenvalue weighted by Gasteiger charge is 2.36. The summed E-state index contributed by atoms with van der Waals surface area (Å²) in [6, 6.07) is 10.5. The molecule has 8 heteroatoms. The quantitative estimate of drug-likeness (QED) is 0.207. The van der Waals surface area contributed by atoms with Gasteiger partial charge in [0.25, 0.3) is 0 Å². The summed E-state index contributed by atoms with van der Waals surface area (Å²) in [7, 11) is 0. The first-order valence-electron chi connectivity index (χ1n) is 14.1. The van der Waals surface area contributed by atoms with Crippen LogP contribution in [0.1, 0.15) is 82.5 Å². The SMILES string of the molecule is CC(=O)OC1CCC(C=CC(Cc2ccccc2)OC2CCCCO2)C1CCCCCCc1nn[nH]n1. The van der Waals surface area contributed by atoms with E-state index in [0.717, 1.165) is 89.5 Å². The van der Waals surface area contributed by atoms with E-state index in [4.69, 9.17) is 14.2 Å². The number of H-pyrrole nitrogens is 1. The van der Waals surface area contributed by atoms with Crippen molar-refractivity contribution in [2.75, 3.05) is 6.61 Å². The molecule has 2 fully saturated rings. The average molecular weight is 511 g/mol. The summed E-state index contributed by atoms with van der Waals surface area (Å²) >= 11 is 0. The number of aromatic nitrogens is 4. The fourth-order valence-corrected chi connectivity index (χ4v) is 5.65. The Kier molecular flexibility index (Phi) is 11.1. The van der Waals surface area contributed by atoms with Gasteiger partial charge in [0, 0.05) is 32.3 Å². The third kappa shape index (κ3) is 9.34. The van der Waals surface area contributed by atoms with Crippen LogP contribution in [0.15, 0.2) is 42.5 Å². The molecule has 1 saturated carbocycles. The van der Waals surface area contributed by atoms with Crippen molar-refractivity contribution in [3.05, 3.63) is 53.9 Å². The van der Waals surface area contributed by atoms with Crippen molar-refractivity contribution in [2.45, 2.75) is 102 Å². The molecule has 1 N–H and O–H groups in total. The zero-order valence-electron chi connectivity index (χ0n) is 22.1. The van der Waals surface area contributed by atoms with Crippen LogP contribution in [0.2, 0.25) is 0 Å². The highest BCUT2D eigenvalue weighted by molar-refractivity contribution is 5.66. The summed E-state index contributed by atoms with van der Waals surface area (Å²) in [6.45, 7) is 2.29. The van der Waals surface area contributed by atoms with Gasteiger partial charge in [-0.2, -0.15) is 5.21 Å². The summed E-state index contributed by atoms with van der Waals surface area (Å²) in [6.07, 6.45) is 16.8. The van der Waals surface area contributed by atoms with Crippen molar-refractivity contribution in [1.29, 1.82) is 0 Å². The van der Waals surface area contributed by atoms with Gasteiger partial charge < -0.3 is 14.2 Å². The molecule has 8 nitrogen and oxygen atoms in total. The van der Waals surface area contributed by atoms with Crippen LogP contribution in [0.3, 0.4) is 0 Å². The van der Waals surface area contributed by atoms with E-state index < -0.39 is 0 Å². The molecule has 5 unspecified atom stereocenters. The number of aryl methyl sites for hydroxylation is 1. The Morgan fingerprint density at radius 3 is 2.76 bits per heavy atom. The number of aromatic amines is 1. The molecule has 2 heterocycles. The van der Waals surface area contributed by atoms with Gasteiger partial charge in [0.05, 0.1) is 6.10 Å². The molecule has 0 spiro atoms. The molecule has 1 aliphatic heterocycles. The van der Waals surface area contributed by atoms with Gasteiger partial charge in [0.15, 0.2) is 12.1 Å². The molecular formula is C29H42N4O4. The van der Waals surface area contributed by atoms with E-state index in [0.29, 0.717) is 11.8 Å². The topological polar surface area (TPSA) is 99.2 Å². The van der Waals surface area contributed by atoms with Crippen LogP contribution < -0.4 is 0 Å². The zero-order valence-corrected chi connectivity index (χ0v) is 22.1. The van der Waals surface area contributed by atoms with E-state index in [1.54, 1.807) is 0 Å². The van der Waals surface area contributed by atoms with Crippen molar-refractivity contribution >= 4 is 5.97 Å². The van der Waals surface area contributed by atoms with Gasteiger partial charge in [-0.25, -0.2) is 0 Å². The molecule has 0 bridgehead atoms. The maximum absolute atomic E-state index is 11.8. The summed E-state index contributed by atoms with van der Waals surface area (Å²) in [4.78, 5) is 11.8. The minimum Gasteiger partial charge on any atom is -0.462 e. The summed E-state index contributed by atoms with van der Waals surface area (Å²) in [5, 5.41) is 14.2. The van der Waals surface area contributed by atoms with Gasteiger partial charge >= 0.3 is 5.97 Å². The second-order valence-corrected chi connectivity index (χ2v) is 10.4. The molecule has 202 valence electrons. The fourth-order valence-electron chi connectivity index (χ4n) is 5.65. The van der Waals surface area contributed by atoms with Gasteiger partial charge in [0.2, 0.25) is 0 Å². The van der Waals surface area contributed by atoms with Crippen molar-refractivity contribution < 1.29 is 19.0 Å². The standard InChI is InChI=1S/C29H42N4O4/c1-22(34)36-27-19-17-24(26(27)13-7-2-3-8-14-28-30-32-33-31-28)16-18-25(21-23-11-5-4-6-12-23)37-29-15-9-10-20-35-29/h4-6,11-12,16,18,24-27,29H,2-3,7-10,13-15,17,19-21H2,1H3,(H,30,31,32,33). The predicted molar refractivity (Wildman–Crippen MR) is 140 cm³/mol. The first kappa shape index (κ1) is 27.5. The lowest BCUT2D eigenvalue weighted by Gasteiger charge is -2.27. The molecule has 4 rings (SSSR count). The number of benzene rings is 1. The number of unbranched alkanes of at least 4 members (excludes halogenated alkanes) is 3. The number of rotatable bonds is 14. The molecule has 5 atom stereocenters. The molecule has 0 radical (unpaired) electrons. The highest BCUT2D eigenvalue weighted by Crippen LogP contribution is 2.39. The summed E-state index contributed by atoms with van der Waals surface area (Å²) in [5.74, 6) is 1.33. The monoisotopic (exact) mass is 510 g/mol. The maximum atomic E-state index is 11.8. The van der Waals surface area contributed by atoms with Crippen molar-refractivity contribution in [3.63, 3.8) is 0 Å². The van der Waals surface area contributed by atoms with Gasteiger partial charge in [-0.1, -0.05) is 67.0 Å². The predicted octanol–water partition coefficient (Wildman–Crippen LogP) is 5.36. The normalized spacial score (nSPS) is 24.9. The van der Waals surface area contributed by atoms with E-state index in [2.05, 4.69) is 57.0 Å². The second kappa shape index (κ2) is 15.0. The smallest absolute Gasteiger partial charge is 0.302 e. The van der Waals surface area contributed by atoms with Crippen LogP contribution in [0.5, 0.6) is 0 Å². The molecular weight excluding hydrogens is 468 g/mol. The van der Waals surface area contributed by atoms with E-state index in [-0.39, 0.29) is 24.5 Å². The fraction of sp³-hybridized carbons (Fsp3) is 0.655. The first-order valence-corrected chi connectivity index (χ1v) is 14.1. The van der Waals surface area contributed by atoms with Crippen LogP contribution in [-0.2, 0) is 31.8 Å². The zero-order chi connectivity index (χ0) is 25.7. The minimum atomic E-state index is -0.181. The Labute approximate surface area is 220 Å². The Morgan fingerprint density at radius 2 is 2.00 bits per heavy atom. The number of esters is 1. The van der Waals surface area contributed by atoms with Crippen molar-refractivity contribution in [1.82, 2.24) is 20.6 Å². The average Bonchev–Trinajstić information content (AvgIpc) is 3.56. The van der Waals surface area contributed by atoms with Crippen molar-refractivity contribution in [2.24, 2.45) is 11.8 Å². The lowest BCUT2D eigenvalue weighted by Crippen LogP contribution is -2.28. The van der Waals surface area contributed by atoms with E-state index in [1.165, 1.54) is 12.5 Å². The van der Waals surface area contributed by atoms with Crippen LogP contribution in [0, 0.1) is 11.8 Å². The lowest BCUT2D eigenvalue weighted by molar-refractivity contribution is -0.178. The Morgan fingerprint density at radius 1 is 1.14 bits per heavy atom. The number of ether oxygens (including phenoxy) is 3. The minimum absolute atomic E-state index is 0.00153. The molecule has 1 aromatic heterocycles. The number of carbonyl (C=O) groups excluding carboxylic acids is 1. The molecule has 1 saturated heterocycles. The lowest BCUT2D eigenvalue weighted by atomic mass is 9.88. The highest BCUT2D eigenvalue weighted by atomic mass is 16.7. The first-order chi connectivity index (χ1) is 18.2. The van der Waals surface area contributed by atoms with Crippen LogP contribution in [0.4, 0.5) is 0 Å². The Bertz CT molecular complexity index is 931. The summed E-state index contributed by atoms with van der Waals surface area (Å²) < 4.78 is 18.1.